The minimum absolute atomic E-state index is 0.204. The van der Waals surface area contributed by atoms with Gasteiger partial charge in [0.1, 0.15) is 0 Å². The number of nitro groups is 1. The highest BCUT2D eigenvalue weighted by molar-refractivity contribution is 5.83. The van der Waals surface area contributed by atoms with Crippen LogP contribution >= 0.6 is 0 Å². The van der Waals surface area contributed by atoms with Crippen molar-refractivity contribution in [3.63, 3.8) is 0 Å². The standard InChI is InChI=1S/C17H11F3N4O2/c1-10-8-16(21-13-5-3-2-4-12(10)13)23-22-14-7-6-11(17(18,19)20)9-15(14)24(25)26/h2-9H,1H3. The first-order valence-corrected chi connectivity index (χ1v) is 7.39. The topological polar surface area (TPSA) is 80.8 Å². The van der Waals surface area contributed by atoms with Gasteiger partial charge in [-0.3, -0.25) is 10.1 Å². The lowest BCUT2D eigenvalue weighted by Gasteiger charge is -2.06. The maximum Gasteiger partial charge on any atom is 0.416 e. The predicted molar refractivity (Wildman–Crippen MR) is 88.8 cm³/mol. The van der Waals surface area contributed by atoms with Crippen molar-refractivity contribution in [3.8, 4) is 0 Å². The molecule has 0 saturated carbocycles. The van der Waals surface area contributed by atoms with Crippen molar-refractivity contribution in [3.05, 3.63) is 69.8 Å². The number of para-hydroxylation sites is 1. The number of hydrogen-bond donors (Lipinski definition) is 0. The van der Waals surface area contributed by atoms with Gasteiger partial charge in [-0.25, -0.2) is 4.98 Å². The Kier molecular flexibility index (Phi) is 4.37. The zero-order valence-electron chi connectivity index (χ0n) is 13.4. The van der Waals surface area contributed by atoms with E-state index in [0.29, 0.717) is 11.6 Å². The van der Waals surface area contributed by atoms with Crippen LogP contribution in [0.15, 0.2) is 58.8 Å². The Hall–Kier alpha value is -3.36. The summed E-state index contributed by atoms with van der Waals surface area (Å²) >= 11 is 0. The van der Waals surface area contributed by atoms with Gasteiger partial charge < -0.3 is 0 Å². The summed E-state index contributed by atoms with van der Waals surface area (Å²) in [4.78, 5) is 14.4. The monoisotopic (exact) mass is 360 g/mol. The Balaban J connectivity index is 2.02. The van der Waals surface area contributed by atoms with Gasteiger partial charge in [-0.05, 0) is 36.8 Å². The third kappa shape index (κ3) is 3.51. The van der Waals surface area contributed by atoms with Crippen molar-refractivity contribution in [2.24, 2.45) is 10.2 Å². The van der Waals surface area contributed by atoms with E-state index in [1.165, 1.54) is 0 Å². The maximum atomic E-state index is 12.7. The number of aromatic nitrogens is 1. The summed E-state index contributed by atoms with van der Waals surface area (Å²) < 4.78 is 38.2. The molecule has 1 aromatic heterocycles. The molecule has 3 rings (SSSR count). The third-order valence-electron chi connectivity index (χ3n) is 3.67. The summed E-state index contributed by atoms with van der Waals surface area (Å²) in [6.07, 6.45) is -4.68. The molecule has 0 N–H and O–H groups in total. The summed E-state index contributed by atoms with van der Waals surface area (Å²) in [7, 11) is 0. The number of alkyl halides is 3. The lowest BCUT2D eigenvalue weighted by Crippen LogP contribution is -2.05. The zero-order chi connectivity index (χ0) is 18.9. The number of rotatable bonds is 3. The van der Waals surface area contributed by atoms with E-state index in [9.17, 15) is 23.3 Å². The Bertz CT molecular complexity index is 1030. The number of benzene rings is 2. The van der Waals surface area contributed by atoms with E-state index in [-0.39, 0.29) is 11.5 Å². The van der Waals surface area contributed by atoms with Gasteiger partial charge >= 0.3 is 6.18 Å². The largest absolute Gasteiger partial charge is 0.416 e. The van der Waals surface area contributed by atoms with Crippen molar-refractivity contribution in [2.45, 2.75) is 13.1 Å². The molecule has 9 heteroatoms. The van der Waals surface area contributed by atoms with E-state index in [0.717, 1.165) is 23.1 Å². The van der Waals surface area contributed by atoms with E-state index in [1.54, 1.807) is 18.2 Å². The Labute approximate surface area is 145 Å². The number of nitrogens with zero attached hydrogens (tertiary/aromatic N) is 4. The molecule has 0 aliphatic heterocycles. The van der Waals surface area contributed by atoms with Crippen LogP contribution in [0, 0.1) is 17.0 Å². The number of pyridine rings is 1. The van der Waals surface area contributed by atoms with E-state index >= 15 is 0 Å². The first-order chi connectivity index (χ1) is 12.3. The fourth-order valence-electron chi connectivity index (χ4n) is 2.42. The SMILES string of the molecule is Cc1cc(N=Nc2ccc(C(F)(F)F)cc2[N+](=O)[O-])nc2ccccc12. The van der Waals surface area contributed by atoms with E-state index in [2.05, 4.69) is 15.2 Å². The average Bonchev–Trinajstić information content (AvgIpc) is 2.59. The second-order valence-corrected chi connectivity index (χ2v) is 5.47. The molecule has 6 nitrogen and oxygen atoms in total. The van der Waals surface area contributed by atoms with Crippen molar-refractivity contribution in [2.75, 3.05) is 0 Å². The summed E-state index contributed by atoms with van der Waals surface area (Å²) in [5, 5.41) is 19.6. The molecule has 0 amide bonds. The van der Waals surface area contributed by atoms with Crippen LogP contribution in [0.3, 0.4) is 0 Å². The van der Waals surface area contributed by atoms with Gasteiger partial charge in [0.15, 0.2) is 11.5 Å². The highest BCUT2D eigenvalue weighted by Crippen LogP contribution is 2.36. The van der Waals surface area contributed by atoms with Crippen molar-refractivity contribution in [1.82, 2.24) is 4.98 Å². The highest BCUT2D eigenvalue weighted by atomic mass is 19.4. The molecule has 2 aromatic carbocycles. The summed E-state index contributed by atoms with van der Waals surface area (Å²) in [6, 6.07) is 11.1. The molecule has 0 radical (unpaired) electrons. The molecule has 26 heavy (non-hydrogen) atoms. The van der Waals surface area contributed by atoms with Crippen LogP contribution < -0.4 is 0 Å². The quantitative estimate of drug-likeness (QED) is 0.332. The Morgan fingerprint density at radius 1 is 1.08 bits per heavy atom. The van der Waals surface area contributed by atoms with Crippen LogP contribution in [0.1, 0.15) is 11.1 Å². The first-order valence-electron chi connectivity index (χ1n) is 7.39. The van der Waals surface area contributed by atoms with Crippen LogP contribution in [0.4, 0.5) is 30.4 Å². The summed E-state index contributed by atoms with van der Waals surface area (Å²) in [5.41, 5.74) is -0.630. The van der Waals surface area contributed by atoms with Crippen LogP contribution in [0.25, 0.3) is 10.9 Å². The number of azo groups is 1. The van der Waals surface area contributed by atoms with Gasteiger partial charge in [0.05, 0.1) is 16.0 Å². The molecule has 0 atom stereocenters. The molecule has 0 bridgehead atoms. The summed E-state index contributed by atoms with van der Waals surface area (Å²) in [5.74, 6) is 0.204. The van der Waals surface area contributed by atoms with E-state index < -0.39 is 22.4 Å². The maximum absolute atomic E-state index is 12.7. The normalized spacial score (nSPS) is 12.0. The molecule has 0 spiro atoms. The summed E-state index contributed by atoms with van der Waals surface area (Å²) in [6.45, 7) is 1.85. The van der Waals surface area contributed by atoms with Gasteiger partial charge in [0, 0.05) is 11.5 Å². The van der Waals surface area contributed by atoms with Crippen molar-refractivity contribution >= 4 is 28.1 Å². The van der Waals surface area contributed by atoms with Crippen LogP contribution in [0.2, 0.25) is 0 Å². The molecule has 0 aliphatic rings. The lowest BCUT2D eigenvalue weighted by molar-refractivity contribution is -0.384. The van der Waals surface area contributed by atoms with Crippen LogP contribution in [-0.4, -0.2) is 9.91 Å². The smallest absolute Gasteiger partial charge is 0.258 e. The lowest BCUT2D eigenvalue weighted by atomic mass is 10.1. The predicted octanol–water partition coefficient (Wildman–Crippen LogP) is 5.89. The minimum atomic E-state index is -4.68. The van der Waals surface area contributed by atoms with Crippen LogP contribution in [0.5, 0.6) is 0 Å². The molecule has 0 fully saturated rings. The van der Waals surface area contributed by atoms with Gasteiger partial charge in [-0.2, -0.15) is 13.2 Å². The Morgan fingerprint density at radius 3 is 2.50 bits per heavy atom. The van der Waals surface area contributed by atoms with Gasteiger partial charge in [0.2, 0.25) is 0 Å². The van der Waals surface area contributed by atoms with Gasteiger partial charge in [-0.1, -0.05) is 18.2 Å². The van der Waals surface area contributed by atoms with Crippen molar-refractivity contribution in [1.29, 1.82) is 0 Å². The second-order valence-electron chi connectivity index (χ2n) is 5.47. The average molecular weight is 360 g/mol. The van der Waals surface area contributed by atoms with Crippen molar-refractivity contribution < 1.29 is 18.1 Å². The number of hydrogen-bond acceptors (Lipinski definition) is 5. The van der Waals surface area contributed by atoms with Gasteiger partial charge in [-0.15, -0.1) is 10.2 Å². The molecule has 3 aromatic rings. The van der Waals surface area contributed by atoms with E-state index in [4.69, 9.17) is 0 Å². The molecule has 0 aliphatic carbocycles. The first kappa shape index (κ1) is 17.5. The van der Waals surface area contributed by atoms with Gasteiger partial charge in [0.25, 0.3) is 5.69 Å². The minimum Gasteiger partial charge on any atom is -0.258 e. The van der Waals surface area contributed by atoms with E-state index in [1.807, 2.05) is 19.1 Å². The molecule has 132 valence electrons. The zero-order valence-corrected chi connectivity index (χ0v) is 13.4. The number of fused-ring (bicyclic) bond motifs is 1. The Morgan fingerprint density at radius 2 is 1.81 bits per heavy atom. The fourth-order valence-corrected chi connectivity index (χ4v) is 2.42. The molecule has 0 saturated heterocycles. The third-order valence-corrected chi connectivity index (χ3v) is 3.67. The molecule has 1 heterocycles. The fraction of sp³-hybridized carbons (Fsp3) is 0.118. The highest BCUT2D eigenvalue weighted by Gasteiger charge is 2.33. The second kappa shape index (κ2) is 6.51. The number of aryl methyl sites for hydroxylation is 1. The number of halogens is 3. The number of nitro benzene ring substituents is 1. The van der Waals surface area contributed by atoms with Crippen LogP contribution in [-0.2, 0) is 6.18 Å². The molecular weight excluding hydrogens is 349 g/mol. The molecule has 0 unspecified atom stereocenters. The molecular formula is C17H11F3N4O2.